The van der Waals surface area contributed by atoms with Gasteiger partial charge in [-0.1, -0.05) is 11.6 Å². The number of carbonyl (C=O) groups is 3. The molecule has 0 atom stereocenters. The second-order valence-corrected chi connectivity index (χ2v) is 4.75. The first-order valence-electron chi connectivity index (χ1n) is 4.63. The number of thiophene rings is 1. The zero-order chi connectivity index (χ0) is 14.6. The number of hydrogen-bond donors (Lipinski definition) is 1. The summed E-state index contributed by atoms with van der Waals surface area (Å²) >= 11 is 6.61. The van der Waals surface area contributed by atoms with Crippen LogP contribution >= 0.6 is 22.9 Å². The summed E-state index contributed by atoms with van der Waals surface area (Å²) in [4.78, 5) is 32.3. The normalized spacial score (nSPS) is 9.58. The highest BCUT2D eigenvalue weighted by molar-refractivity contribution is 7.20. The van der Waals surface area contributed by atoms with Crippen molar-refractivity contribution in [3.63, 3.8) is 0 Å². The third-order valence-corrected chi connectivity index (χ3v) is 3.09. The molecule has 0 saturated heterocycles. The van der Waals surface area contributed by atoms with Gasteiger partial charge in [0.05, 0.1) is 28.9 Å². The molecule has 1 N–H and O–H groups in total. The van der Waals surface area contributed by atoms with Gasteiger partial charge in [-0.25, -0.2) is 4.79 Å². The molecule has 1 aromatic rings. The number of esters is 1. The van der Waals surface area contributed by atoms with E-state index in [2.05, 4.69) is 10.1 Å². The Morgan fingerprint density at radius 1 is 1.37 bits per heavy atom. The monoisotopic (exact) mass is 303 g/mol. The minimum absolute atomic E-state index is 0.0461. The van der Waals surface area contributed by atoms with Crippen LogP contribution in [-0.2, 0) is 14.3 Å². The maximum atomic E-state index is 11.4. The Morgan fingerprint density at radius 3 is 2.42 bits per heavy atom. The fourth-order valence-corrected chi connectivity index (χ4v) is 2.15. The number of nitrogens with one attached hydrogen (secondary N) is 1. The van der Waals surface area contributed by atoms with Gasteiger partial charge in [0, 0.05) is 11.8 Å². The maximum absolute atomic E-state index is 11.4. The molecular formula is C10H6ClNO6S-2. The molecule has 0 aliphatic rings. The van der Waals surface area contributed by atoms with E-state index >= 15 is 0 Å². The number of methoxy groups -OCH3 is 1. The Hall–Kier alpha value is -2.06. The Bertz CT molecular complexity index is 548. The van der Waals surface area contributed by atoms with E-state index in [9.17, 15) is 24.6 Å². The fourth-order valence-electron chi connectivity index (χ4n) is 1.07. The number of hydrogen-bond acceptors (Lipinski definition) is 8. The fraction of sp³-hybridized carbons (Fsp3) is 0.100. The van der Waals surface area contributed by atoms with Crippen LogP contribution in [0, 0.1) is 0 Å². The summed E-state index contributed by atoms with van der Waals surface area (Å²) in [5.74, 6) is -4.55. The van der Waals surface area contributed by atoms with E-state index in [-0.39, 0.29) is 14.9 Å². The molecule has 0 bridgehead atoms. The number of rotatable bonds is 5. The highest BCUT2D eigenvalue weighted by Crippen LogP contribution is 2.32. The lowest BCUT2D eigenvalue weighted by Crippen LogP contribution is -2.36. The highest BCUT2D eigenvalue weighted by atomic mass is 35.5. The number of carbonyl (C=O) groups excluding carboxylic acids is 3. The van der Waals surface area contributed by atoms with Crippen LogP contribution in [0.4, 0.5) is 5.00 Å². The van der Waals surface area contributed by atoms with Gasteiger partial charge in [0.1, 0.15) is 5.00 Å². The summed E-state index contributed by atoms with van der Waals surface area (Å²) in [6, 6.07) is 1.30. The molecule has 0 spiro atoms. The molecule has 102 valence electrons. The summed E-state index contributed by atoms with van der Waals surface area (Å²) < 4.78 is 4.72. The van der Waals surface area contributed by atoms with E-state index in [0.717, 1.165) is 18.4 Å². The van der Waals surface area contributed by atoms with Crippen molar-refractivity contribution in [2.45, 2.75) is 0 Å². The van der Waals surface area contributed by atoms with Crippen molar-refractivity contribution < 1.29 is 29.3 Å². The van der Waals surface area contributed by atoms with Crippen LogP contribution in [0.25, 0.3) is 0 Å². The molecule has 0 fully saturated rings. The topological polar surface area (TPSA) is 119 Å². The number of ether oxygens (including phenoxy) is 1. The van der Waals surface area contributed by atoms with Gasteiger partial charge in [-0.3, -0.25) is 0 Å². The summed E-state index contributed by atoms with van der Waals surface area (Å²) in [6.45, 7) is 0. The molecule has 9 heteroatoms. The van der Waals surface area contributed by atoms with Crippen LogP contribution < -0.4 is 15.5 Å². The first-order valence-corrected chi connectivity index (χ1v) is 5.83. The highest BCUT2D eigenvalue weighted by Gasteiger charge is 2.15. The van der Waals surface area contributed by atoms with Crippen molar-refractivity contribution in [1.82, 2.24) is 0 Å². The largest absolute Gasteiger partial charge is 0.545 e. The van der Waals surface area contributed by atoms with Crippen molar-refractivity contribution >= 4 is 45.8 Å². The van der Waals surface area contributed by atoms with Crippen LogP contribution in [0.3, 0.4) is 0 Å². The Labute approximate surface area is 116 Å². The van der Waals surface area contributed by atoms with Crippen LogP contribution in [0.15, 0.2) is 17.8 Å². The summed E-state index contributed by atoms with van der Waals surface area (Å²) in [7, 11) is 1.15. The van der Waals surface area contributed by atoms with Crippen molar-refractivity contribution in [3.05, 3.63) is 27.7 Å². The molecule has 0 aliphatic carbocycles. The van der Waals surface area contributed by atoms with Gasteiger partial charge in [0.2, 0.25) is 0 Å². The van der Waals surface area contributed by atoms with Gasteiger partial charge in [-0.2, -0.15) is 0 Å². The molecule has 0 saturated carbocycles. The van der Waals surface area contributed by atoms with Crippen LogP contribution in [0.5, 0.6) is 0 Å². The van der Waals surface area contributed by atoms with Gasteiger partial charge in [-0.05, 0) is 6.07 Å². The molecule has 19 heavy (non-hydrogen) atoms. The number of aliphatic carboxylic acids is 2. The molecule has 1 aromatic heterocycles. The van der Waals surface area contributed by atoms with Gasteiger partial charge in [-0.15, -0.1) is 11.3 Å². The van der Waals surface area contributed by atoms with Crippen molar-refractivity contribution in [2.24, 2.45) is 0 Å². The Morgan fingerprint density at radius 2 is 1.95 bits per heavy atom. The van der Waals surface area contributed by atoms with E-state index in [1.54, 1.807) is 0 Å². The molecule has 1 rings (SSSR count). The molecule has 1 heterocycles. The quantitative estimate of drug-likeness (QED) is 0.320. The number of anilines is 1. The van der Waals surface area contributed by atoms with Crippen LogP contribution in [0.2, 0.25) is 4.34 Å². The van der Waals surface area contributed by atoms with Crippen molar-refractivity contribution in [3.8, 4) is 0 Å². The molecule has 0 amide bonds. The van der Waals surface area contributed by atoms with Gasteiger partial charge in [0.15, 0.2) is 0 Å². The van der Waals surface area contributed by atoms with E-state index < -0.39 is 23.5 Å². The van der Waals surface area contributed by atoms with Crippen LogP contribution in [-0.4, -0.2) is 25.0 Å². The molecule has 7 nitrogen and oxygen atoms in total. The summed E-state index contributed by atoms with van der Waals surface area (Å²) in [5, 5.41) is 23.5. The van der Waals surface area contributed by atoms with Crippen molar-refractivity contribution in [2.75, 3.05) is 12.4 Å². The lowest BCUT2D eigenvalue weighted by atomic mass is 10.3. The standard InChI is InChI=1S/C10H8ClNO6S/c1-18-10(17)4-2-6(11)19-7(4)12-3-5(8(13)14)9(15)16/h2-3,12H,1H3,(H,13,14)(H,15,16)/p-2. The van der Waals surface area contributed by atoms with E-state index in [1.165, 1.54) is 6.07 Å². The third kappa shape index (κ3) is 3.70. The molecule has 0 radical (unpaired) electrons. The third-order valence-electron chi connectivity index (χ3n) is 1.89. The average molecular weight is 304 g/mol. The van der Waals surface area contributed by atoms with E-state index in [1.807, 2.05) is 0 Å². The second-order valence-electron chi connectivity index (χ2n) is 3.06. The first-order chi connectivity index (χ1) is 8.86. The SMILES string of the molecule is COC(=O)c1cc(Cl)sc1NC=C(C(=O)[O-])C(=O)[O-]. The number of carboxylic acids is 2. The molecular weight excluding hydrogens is 298 g/mol. The number of carboxylic acid groups (broad SMARTS) is 2. The minimum atomic E-state index is -1.92. The van der Waals surface area contributed by atoms with Gasteiger partial charge < -0.3 is 29.9 Å². The molecule has 0 aromatic carbocycles. The Balaban J connectivity index is 3.06. The zero-order valence-corrected chi connectivity index (χ0v) is 11.0. The van der Waals surface area contributed by atoms with Crippen molar-refractivity contribution in [1.29, 1.82) is 0 Å². The number of halogens is 1. The van der Waals surface area contributed by atoms with E-state index in [4.69, 9.17) is 11.6 Å². The predicted octanol–water partition coefficient (Wildman–Crippen LogP) is -1.02. The first kappa shape index (κ1) is 15.0. The van der Waals surface area contributed by atoms with Gasteiger partial charge >= 0.3 is 5.97 Å². The maximum Gasteiger partial charge on any atom is 0.340 e. The van der Waals surface area contributed by atoms with E-state index in [0.29, 0.717) is 6.20 Å². The summed E-state index contributed by atoms with van der Waals surface area (Å²) in [5.41, 5.74) is -1.05. The van der Waals surface area contributed by atoms with Gasteiger partial charge in [0.25, 0.3) is 0 Å². The zero-order valence-electron chi connectivity index (χ0n) is 9.39. The Kier molecular flexibility index (Phi) is 4.90. The predicted molar refractivity (Wildman–Crippen MR) is 62.4 cm³/mol. The smallest absolute Gasteiger partial charge is 0.340 e. The molecule has 0 unspecified atom stereocenters. The molecule has 0 aliphatic heterocycles. The minimum Gasteiger partial charge on any atom is -0.545 e. The average Bonchev–Trinajstić information content (AvgIpc) is 2.69. The second kappa shape index (κ2) is 6.21. The lowest BCUT2D eigenvalue weighted by Gasteiger charge is -2.10. The lowest BCUT2D eigenvalue weighted by molar-refractivity contribution is -0.312. The van der Waals surface area contributed by atoms with Crippen LogP contribution in [0.1, 0.15) is 10.4 Å². The summed E-state index contributed by atoms with van der Waals surface area (Å²) in [6.07, 6.45) is 0.638.